The van der Waals surface area contributed by atoms with Gasteiger partial charge in [-0.3, -0.25) is 9.89 Å². The first-order chi connectivity index (χ1) is 12.1. The molecule has 0 atom stereocenters. The number of hydrogen-bond acceptors (Lipinski definition) is 4. The Kier molecular flexibility index (Phi) is 3.89. The van der Waals surface area contributed by atoms with Crippen molar-refractivity contribution in [3.8, 4) is 0 Å². The van der Waals surface area contributed by atoms with Crippen LogP contribution < -0.4 is 10.6 Å². The highest BCUT2D eigenvalue weighted by Gasteiger charge is 2.48. The molecule has 2 aromatic heterocycles. The van der Waals surface area contributed by atoms with E-state index in [1.807, 2.05) is 29.7 Å². The van der Waals surface area contributed by atoms with E-state index >= 15 is 0 Å². The van der Waals surface area contributed by atoms with Gasteiger partial charge in [-0.05, 0) is 49.6 Å². The van der Waals surface area contributed by atoms with Crippen molar-refractivity contribution in [2.75, 3.05) is 12.4 Å². The van der Waals surface area contributed by atoms with Gasteiger partial charge >= 0.3 is 0 Å². The Labute approximate surface area is 147 Å². The molecule has 0 bridgehead atoms. The van der Waals surface area contributed by atoms with E-state index in [2.05, 4.69) is 20.8 Å². The molecule has 2 heterocycles. The zero-order valence-electron chi connectivity index (χ0n) is 13.6. The molecule has 3 aromatic rings. The van der Waals surface area contributed by atoms with Crippen LogP contribution >= 0.6 is 11.3 Å². The Hall–Kier alpha value is -2.51. The van der Waals surface area contributed by atoms with E-state index in [0.717, 1.165) is 23.1 Å². The maximum atomic E-state index is 14.3. The number of carbonyl (C=O) groups excluding carboxylic acids is 1. The van der Waals surface area contributed by atoms with Crippen LogP contribution in [0.5, 0.6) is 0 Å². The van der Waals surface area contributed by atoms with Crippen LogP contribution in [0.3, 0.4) is 0 Å². The fourth-order valence-electron chi connectivity index (χ4n) is 2.79. The summed E-state index contributed by atoms with van der Waals surface area (Å²) >= 11 is 1.63. The Bertz CT molecular complexity index is 957. The lowest BCUT2D eigenvalue weighted by Gasteiger charge is -2.14. The minimum Gasteiger partial charge on any atom is -0.322 e. The van der Waals surface area contributed by atoms with Gasteiger partial charge in [0.05, 0.1) is 22.4 Å². The van der Waals surface area contributed by atoms with Crippen LogP contribution in [0.15, 0.2) is 29.6 Å². The smallest absolute Gasteiger partial charge is 0.244 e. The maximum Gasteiger partial charge on any atom is 0.244 e. The van der Waals surface area contributed by atoms with Crippen LogP contribution in [0, 0.1) is 5.82 Å². The number of likely N-dealkylation sites (N-methyl/N-ethyl adjacent to an activating group) is 1. The minimum absolute atomic E-state index is 0.172. The van der Waals surface area contributed by atoms with Crippen LogP contribution in [-0.4, -0.2) is 28.7 Å². The van der Waals surface area contributed by atoms with Gasteiger partial charge < -0.3 is 10.6 Å². The molecule has 0 saturated heterocycles. The highest BCUT2D eigenvalue weighted by atomic mass is 32.1. The molecule has 0 radical (unpaired) electrons. The second-order valence-corrected chi connectivity index (χ2v) is 7.10. The van der Waals surface area contributed by atoms with Crippen LogP contribution in [0.2, 0.25) is 0 Å². The molecule has 1 saturated carbocycles. The Morgan fingerprint density at radius 1 is 1.40 bits per heavy atom. The summed E-state index contributed by atoms with van der Waals surface area (Å²) in [5, 5.41) is 15.5. The fraction of sp³-hybridized carbons (Fsp3) is 0.222. The third-order valence-corrected chi connectivity index (χ3v) is 5.38. The molecule has 1 aliphatic carbocycles. The molecule has 5 nitrogen and oxygen atoms in total. The zero-order chi connectivity index (χ0) is 17.4. The Morgan fingerprint density at radius 2 is 2.24 bits per heavy atom. The molecule has 1 aliphatic rings. The largest absolute Gasteiger partial charge is 0.322 e. The topological polar surface area (TPSA) is 69.8 Å². The molecule has 1 fully saturated rings. The molecule has 0 unspecified atom stereocenters. The lowest BCUT2D eigenvalue weighted by atomic mass is 10.1. The summed E-state index contributed by atoms with van der Waals surface area (Å²) in [5.74, 6) is -0.683. The maximum absolute atomic E-state index is 14.3. The second kappa shape index (κ2) is 6.09. The van der Waals surface area contributed by atoms with Crippen molar-refractivity contribution in [2.45, 2.75) is 18.4 Å². The predicted octanol–water partition coefficient (Wildman–Crippen LogP) is 3.62. The van der Waals surface area contributed by atoms with Gasteiger partial charge in [-0.25, -0.2) is 4.39 Å². The van der Waals surface area contributed by atoms with E-state index in [9.17, 15) is 9.18 Å². The highest BCUT2D eigenvalue weighted by molar-refractivity contribution is 7.10. The highest BCUT2D eigenvalue weighted by Crippen LogP contribution is 2.36. The zero-order valence-corrected chi connectivity index (χ0v) is 14.4. The summed E-state index contributed by atoms with van der Waals surface area (Å²) in [6, 6.07) is 6.98. The number of fused-ring (bicyclic) bond motifs is 1. The molecule has 7 heteroatoms. The van der Waals surface area contributed by atoms with Gasteiger partial charge in [0.2, 0.25) is 5.91 Å². The summed E-state index contributed by atoms with van der Waals surface area (Å²) in [4.78, 5) is 13.5. The van der Waals surface area contributed by atoms with Gasteiger partial charge in [0.25, 0.3) is 0 Å². The third kappa shape index (κ3) is 2.96. The SMILES string of the molecule is CNC1(C(=O)Nc2cc3c(C=Cc4cccs4)n[nH]c3cc2F)CC1. The number of carbonyl (C=O) groups is 1. The van der Waals surface area contributed by atoms with E-state index in [1.54, 1.807) is 24.5 Å². The van der Waals surface area contributed by atoms with Crippen molar-refractivity contribution in [2.24, 2.45) is 0 Å². The van der Waals surface area contributed by atoms with Crippen molar-refractivity contribution in [3.05, 3.63) is 46.0 Å². The Morgan fingerprint density at radius 3 is 2.92 bits per heavy atom. The number of nitrogens with one attached hydrogen (secondary N) is 3. The van der Waals surface area contributed by atoms with Gasteiger partial charge in [-0.1, -0.05) is 6.07 Å². The van der Waals surface area contributed by atoms with Crippen molar-refractivity contribution in [3.63, 3.8) is 0 Å². The van der Waals surface area contributed by atoms with E-state index in [-0.39, 0.29) is 11.6 Å². The number of thiophene rings is 1. The van der Waals surface area contributed by atoms with Crippen LogP contribution in [0.1, 0.15) is 23.4 Å². The third-order valence-electron chi connectivity index (χ3n) is 4.54. The van der Waals surface area contributed by atoms with Crippen molar-refractivity contribution in [1.82, 2.24) is 15.5 Å². The number of benzene rings is 1. The molecule has 3 N–H and O–H groups in total. The van der Waals surface area contributed by atoms with Gasteiger partial charge in [0.1, 0.15) is 5.82 Å². The Balaban J connectivity index is 1.65. The van der Waals surface area contributed by atoms with E-state index in [1.165, 1.54) is 6.07 Å². The summed E-state index contributed by atoms with van der Waals surface area (Å²) in [6.07, 6.45) is 5.37. The van der Waals surface area contributed by atoms with E-state index in [4.69, 9.17) is 0 Å². The molecular formula is C18H17FN4OS. The normalized spacial score (nSPS) is 15.8. The number of nitrogens with zero attached hydrogens (tertiary/aromatic N) is 1. The minimum atomic E-state index is -0.556. The summed E-state index contributed by atoms with van der Waals surface area (Å²) in [5.41, 5.74) is 0.913. The molecule has 1 amide bonds. The average Bonchev–Trinajstić information content (AvgIpc) is 3.06. The number of rotatable bonds is 5. The molecule has 25 heavy (non-hydrogen) atoms. The van der Waals surface area contributed by atoms with Crippen molar-refractivity contribution < 1.29 is 9.18 Å². The van der Waals surface area contributed by atoms with Crippen molar-refractivity contribution in [1.29, 1.82) is 0 Å². The number of aromatic nitrogens is 2. The molecular weight excluding hydrogens is 339 g/mol. The first-order valence-corrected chi connectivity index (χ1v) is 8.89. The summed E-state index contributed by atoms with van der Waals surface area (Å²) in [7, 11) is 1.75. The lowest BCUT2D eigenvalue weighted by molar-refractivity contribution is -0.119. The van der Waals surface area contributed by atoms with E-state index < -0.39 is 11.4 Å². The first-order valence-electron chi connectivity index (χ1n) is 8.01. The van der Waals surface area contributed by atoms with Gasteiger partial charge in [0.15, 0.2) is 0 Å². The number of aromatic amines is 1. The quantitative estimate of drug-likeness (QED) is 0.654. The molecule has 4 rings (SSSR count). The number of halogens is 1. The summed E-state index contributed by atoms with van der Waals surface area (Å²) in [6.45, 7) is 0. The van der Waals surface area contributed by atoms with Gasteiger partial charge in [-0.2, -0.15) is 5.10 Å². The standard InChI is InChI=1S/C18H17FN4OS/c1-20-18(6-7-18)17(24)21-16-9-12-14(5-4-11-3-2-8-25-11)22-23-15(12)10-13(16)19/h2-5,8-10,20H,6-7H2,1H3,(H,21,24)(H,22,23). The lowest BCUT2D eigenvalue weighted by Crippen LogP contribution is -2.40. The monoisotopic (exact) mass is 356 g/mol. The number of H-pyrrole nitrogens is 1. The molecule has 0 aliphatic heterocycles. The van der Waals surface area contributed by atoms with Crippen LogP contribution in [0.4, 0.5) is 10.1 Å². The van der Waals surface area contributed by atoms with Crippen LogP contribution in [-0.2, 0) is 4.79 Å². The molecule has 0 spiro atoms. The first kappa shape index (κ1) is 16.0. The van der Waals surface area contributed by atoms with Crippen LogP contribution in [0.25, 0.3) is 23.1 Å². The van der Waals surface area contributed by atoms with Gasteiger partial charge in [-0.15, -0.1) is 11.3 Å². The number of amides is 1. The predicted molar refractivity (Wildman–Crippen MR) is 99.0 cm³/mol. The fourth-order valence-corrected chi connectivity index (χ4v) is 3.40. The number of hydrogen-bond donors (Lipinski definition) is 3. The van der Waals surface area contributed by atoms with Gasteiger partial charge in [0, 0.05) is 16.3 Å². The van der Waals surface area contributed by atoms with E-state index in [0.29, 0.717) is 11.2 Å². The number of anilines is 1. The van der Waals surface area contributed by atoms with Crippen molar-refractivity contribution >= 4 is 46.0 Å². The average molecular weight is 356 g/mol. The second-order valence-electron chi connectivity index (χ2n) is 6.12. The molecule has 128 valence electrons. The summed E-state index contributed by atoms with van der Waals surface area (Å²) < 4.78 is 14.3. The molecule has 1 aromatic carbocycles.